The SMILES string of the molecule is O=C(CSc1nnc(NC(=O)c2cccs2)s1)Nc1nccs1. The molecule has 23 heavy (non-hydrogen) atoms. The molecule has 0 saturated carbocycles. The lowest BCUT2D eigenvalue weighted by molar-refractivity contribution is -0.113. The van der Waals surface area contributed by atoms with E-state index in [0.717, 1.165) is 0 Å². The number of rotatable bonds is 6. The van der Waals surface area contributed by atoms with Crippen LogP contribution in [0, 0.1) is 0 Å². The van der Waals surface area contributed by atoms with Gasteiger partial charge >= 0.3 is 0 Å². The lowest BCUT2D eigenvalue weighted by Gasteiger charge is -1.98. The van der Waals surface area contributed by atoms with Crippen LogP contribution in [0.3, 0.4) is 0 Å². The van der Waals surface area contributed by atoms with Gasteiger partial charge in [0.15, 0.2) is 9.47 Å². The van der Waals surface area contributed by atoms with Crippen molar-refractivity contribution < 1.29 is 9.59 Å². The molecule has 0 unspecified atom stereocenters. The zero-order valence-electron chi connectivity index (χ0n) is 11.4. The highest BCUT2D eigenvalue weighted by Crippen LogP contribution is 2.26. The van der Waals surface area contributed by atoms with Crippen LogP contribution >= 0.6 is 45.8 Å². The topological polar surface area (TPSA) is 96.9 Å². The number of carbonyl (C=O) groups excluding carboxylic acids is 2. The van der Waals surface area contributed by atoms with Crippen LogP contribution in [0.2, 0.25) is 0 Å². The standard InChI is InChI=1S/C12H9N5O2S4/c18-8(14-10-13-3-5-21-10)6-22-12-17-16-11(23-12)15-9(19)7-2-1-4-20-7/h1-5H,6H2,(H,13,14,18)(H,15,16,19). The van der Waals surface area contributed by atoms with Gasteiger partial charge in [0.25, 0.3) is 5.91 Å². The minimum Gasteiger partial charge on any atom is -0.301 e. The first kappa shape index (κ1) is 16.1. The first-order valence-electron chi connectivity index (χ1n) is 6.21. The zero-order valence-corrected chi connectivity index (χ0v) is 14.7. The third kappa shape index (κ3) is 4.58. The first-order valence-corrected chi connectivity index (χ1v) is 9.77. The van der Waals surface area contributed by atoms with Gasteiger partial charge in [0.2, 0.25) is 11.0 Å². The van der Waals surface area contributed by atoms with Gasteiger partial charge in [-0.15, -0.1) is 32.9 Å². The molecule has 0 aliphatic carbocycles. The Morgan fingerprint density at radius 3 is 2.78 bits per heavy atom. The van der Waals surface area contributed by atoms with E-state index in [4.69, 9.17) is 0 Å². The third-order valence-electron chi connectivity index (χ3n) is 2.38. The lowest BCUT2D eigenvalue weighted by Crippen LogP contribution is -2.13. The average Bonchev–Trinajstić information content (AvgIpc) is 3.28. The Morgan fingerprint density at radius 1 is 1.13 bits per heavy atom. The fourth-order valence-electron chi connectivity index (χ4n) is 1.45. The van der Waals surface area contributed by atoms with Crippen LogP contribution in [0.1, 0.15) is 9.67 Å². The number of anilines is 2. The second kappa shape index (κ2) is 7.64. The van der Waals surface area contributed by atoms with Gasteiger partial charge in [-0.3, -0.25) is 14.9 Å². The van der Waals surface area contributed by atoms with Gasteiger partial charge in [0, 0.05) is 11.6 Å². The first-order chi connectivity index (χ1) is 11.2. The number of nitrogens with zero attached hydrogens (tertiary/aromatic N) is 3. The summed E-state index contributed by atoms with van der Waals surface area (Å²) in [7, 11) is 0. The van der Waals surface area contributed by atoms with Crippen LogP contribution < -0.4 is 10.6 Å². The highest BCUT2D eigenvalue weighted by atomic mass is 32.2. The number of thiophene rings is 1. The number of hydrogen-bond donors (Lipinski definition) is 2. The van der Waals surface area contributed by atoms with Gasteiger partial charge in [-0.05, 0) is 11.4 Å². The predicted octanol–water partition coefficient (Wildman–Crippen LogP) is 3.04. The number of thioether (sulfide) groups is 1. The van der Waals surface area contributed by atoms with Gasteiger partial charge < -0.3 is 5.32 Å². The molecule has 0 atom stereocenters. The molecular weight excluding hydrogens is 374 g/mol. The Kier molecular flexibility index (Phi) is 5.33. The molecule has 0 saturated heterocycles. The molecule has 3 heterocycles. The highest BCUT2D eigenvalue weighted by molar-refractivity contribution is 8.01. The van der Waals surface area contributed by atoms with E-state index in [9.17, 15) is 9.59 Å². The third-order valence-corrected chi connectivity index (χ3v) is 5.91. The predicted molar refractivity (Wildman–Crippen MR) is 93.6 cm³/mol. The lowest BCUT2D eigenvalue weighted by atomic mass is 10.4. The van der Waals surface area contributed by atoms with Crippen molar-refractivity contribution in [2.45, 2.75) is 4.34 Å². The van der Waals surface area contributed by atoms with Crippen LogP contribution in [0.15, 0.2) is 33.4 Å². The second-order valence-corrected chi connectivity index (χ2v) is 8.02. The summed E-state index contributed by atoms with van der Waals surface area (Å²) in [5.41, 5.74) is 0. The second-order valence-electron chi connectivity index (χ2n) is 3.98. The Morgan fingerprint density at radius 2 is 2.04 bits per heavy atom. The van der Waals surface area contributed by atoms with Crippen molar-refractivity contribution in [2.75, 3.05) is 16.4 Å². The van der Waals surface area contributed by atoms with E-state index < -0.39 is 0 Å². The number of hydrogen-bond acceptors (Lipinski definition) is 9. The molecule has 0 aliphatic heterocycles. The molecule has 2 amide bonds. The molecule has 3 aromatic heterocycles. The largest absolute Gasteiger partial charge is 0.301 e. The highest BCUT2D eigenvalue weighted by Gasteiger charge is 2.12. The van der Waals surface area contributed by atoms with Crippen molar-refractivity contribution in [2.24, 2.45) is 0 Å². The summed E-state index contributed by atoms with van der Waals surface area (Å²) in [6.07, 6.45) is 1.63. The number of amides is 2. The van der Waals surface area contributed by atoms with Crippen LogP contribution in [-0.4, -0.2) is 32.7 Å². The summed E-state index contributed by atoms with van der Waals surface area (Å²) in [4.78, 5) is 28.2. The summed E-state index contributed by atoms with van der Waals surface area (Å²) in [6.45, 7) is 0. The molecule has 0 aromatic carbocycles. The normalized spacial score (nSPS) is 10.4. The quantitative estimate of drug-likeness (QED) is 0.502. The molecule has 0 fully saturated rings. The summed E-state index contributed by atoms with van der Waals surface area (Å²) in [5.74, 6) is -0.175. The van der Waals surface area contributed by atoms with Crippen molar-refractivity contribution in [3.05, 3.63) is 34.0 Å². The van der Waals surface area contributed by atoms with Crippen LogP contribution in [0.25, 0.3) is 0 Å². The number of carbonyl (C=O) groups is 2. The molecule has 0 radical (unpaired) electrons. The van der Waals surface area contributed by atoms with Crippen molar-refractivity contribution >= 4 is 67.8 Å². The molecule has 2 N–H and O–H groups in total. The number of aromatic nitrogens is 3. The average molecular weight is 384 g/mol. The van der Waals surface area contributed by atoms with Gasteiger partial charge in [0.05, 0.1) is 10.6 Å². The number of thiazole rings is 1. The summed E-state index contributed by atoms with van der Waals surface area (Å²) >= 11 is 5.20. The molecule has 0 aliphatic rings. The van der Waals surface area contributed by atoms with Crippen molar-refractivity contribution in [3.8, 4) is 0 Å². The smallest absolute Gasteiger partial charge is 0.267 e. The Balaban J connectivity index is 1.49. The molecule has 7 nitrogen and oxygen atoms in total. The molecule has 3 rings (SSSR count). The summed E-state index contributed by atoms with van der Waals surface area (Å²) < 4.78 is 0.612. The minimum atomic E-state index is -0.214. The van der Waals surface area contributed by atoms with E-state index >= 15 is 0 Å². The molecule has 0 spiro atoms. The van der Waals surface area contributed by atoms with E-state index in [-0.39, 0.29) is 17.6 Å². The van der Waals surface area contributed by atoms with Crippen molar-refractivity contribution in [3.63, 3.8) is 0 Å². The van der Waals surface area contributed by atoms with Gasteiger partial charge in [-0.2, -0.15) is 0 Å². The molecule has 118 valence electrons. The fraction of sp³-hybridized carbons (Fsp3) is 0.0833. The Labute approximate surface area is 147 Å². The van der Waals surface area contributed by atoms with E-state index in [1.165, 1.54) is 45.8 Å². The monoisotopic (exact) mass is 383 g/mol. The zero-order chi connectivity index (χ0) is 16.1. The van der Waals surface area contributed by atoms with E-state index in [1.54, 1.807) is 17.6 Å². The van der Waals surface area contributed by atoms with Gasteiger partial charge in [-0.25, -0.2) is 4.98 Å². The van der Waals surface area contributed by atoms with E-state index in [2.05, 4.69) is 25.8 Å². The van der Waals surface area contributed by atoms with Gasteiger partial charge in [-0.1, -0.05) is 29.2 Å². The molecular formula is C12H9N5O2S4. The van der Waals surface area contributed by atoms with Crippen LogP contribution in [-0.2, 0) is 4.79 Å². The van der Waals surface area contributed by atoms with Gasteiger partial charge in [0.1, 0.15) is 0 Å². The van der Waals surface area contributed by atoms with Crippen molar-refractivity contribution in [1.29, 1.82) is 0 Å². The van der Waals surface area contributed by atoms with E-state index in [1.807, 2.05) is 11.4 Å². The number of nitrogens with one attached hydrogen (secondary N) is 2. The fourth-order valence-corrected chi connectivity index (χ4v) is 4.16. The molecule has 0 bridgehead atoms. The maximum Gasteiger partial charge on any atom is 0.267 e. The summed E-state index contributed by atoms with van der Waals surface area (Å²) in [6, 6.07) is 3.54. The Hall–Kier alpha value is -1.82. The van der Waals surface area contributed by atoms with Crippen molar-refractivity contribution in [1.82, 2.24) is 15.2 Å². The van der Waals surface area contributed by atoms with E-state index in [0.29, 0.717) is 19.5 Å². The maximum atomic E-state index is 11.9. The summed E-state index contributed by atoms with van der Waals surface area (Å²) in [5, 5.41) is 17.8. The minimum absolute atomic E-state index is 0.163. The molecule has 11 heteroatoms. The maximum absolute atomic E-state index is 11.9. The molecule has 3 aromatic rings. The Bertz CT molecular complexity index is 784. The van der Waals surface area contributed by atoms with Crippen LogP contribution in [0.4, 0.5) is 10.3 Å². The van der Waals surface area contributed by atoms with Crippen LogP contribution in [0.5, 0.6) is 0 Å².